The van der Waals surface area contributed by atoms with E-state index in [1.165, 1.54) is 36.4 Å². The van der Waals surface area contributed by atoms with E-state index in [2.05, 4.69) is 5.32 Å². The molecule has 0 saturated carbocycles. The molecule has 4 nitrogen and oxygen atoms in total. The number of fused-ring (bicyclic) bond motifs is 1. The van der Waals surface area contributed by atoms with Gasteiger partial charge in [-0.05, 0) is 47.5 Å². The highest BCUT2D eigenvalue weighted by Crippen LogP contribution is 2.39. The van der Waals surface area contributed by atoms with Gasteiger partial charge in [-0.25, -0.2) is 21.6 Å². The molecule has 4 rings (SSSR count). The number of benzene rings is 3. The van der Waals surface area contributed by atoms with Crippen molar-refractivity contribution in [2.75, 3.05) is 5.32 Å². The van der Waals surface area contributed by atoms with Crippen LogP contribution < -0.4 is 5.32 Å². The predicted octanol–water partition coefficient (Wildman–Crippen LogP) is 4.42. The Morgan fingerprint density at radius 2 is 1.61 bits per heavy atom. The smallest absolute Gasteiger partial charge is 0.247 e. The average Bonchev–Trinajstić information content (AvgIpc) is 2.68. The third kappa shape index (κ3) is 3.25. The lowest BCUT2D eigenvalue weighted by atomic mass is 10.1. The summed E-state index contributed by atoms with van der Waals surface area (Å²) in [7, 11) is -3.95. The molecule has 0 fully saturated rings. The van der Waals surface area contributed by atoms with Crippen LogP contribution in [-0.4, -0.2) is 12.7 Å². The molecule has 1 aliphatic heterocycles. The third-order valence-electron chi connectivity index (χ3n) is 4.56. The van der Waals surface area contributed by atoms with Crippen molar-refractivity contribution < 1.29 is 21.6 Å². The molecular weight excluding hydrogens is 389 g/mol. The maximum Gasteiger partial charge on any atom is 0.247 e. The topological polar surface area (TPSA) is 49.4 Å². The molecule has 1 aliphatic rings. The summed E-state index contributed by atoms with van der Waals surface area (Å²) in [6, 6.07) is 15.0. The van der Waals surface area contributed by atoms with Gasteiger partial charge >= 0.3 is 0 Å². The predicted molar refractivity (Wildman–Crippen MR) is 98.3 cm³/mol. The largest absolute Gasteiger partial charge is 0.364 e. The zero-order valence-electron chi connectivity index (χ0n) is 14.4. The van der Waals surface area contributed by atoms with Crippen LogP contribution in [-0.2, 0) is 16.6 Å². The summed E-state index contributed by atoms with van der Waals surface area (Å²) in [4.78, 5) is 0.0796. The number of hydrogen-bond donors (Lipinski definition) is 1. The van der Waals surface area contributed by atoms with E-state index in [-0.39, 0.29) is 17.0 Å². The Morgan fingerprint density at radius 3 is 2.32 bits per heavy atom. The molecule has 0 amide bonds. The quantitative estimate of drug-likeness (QED) is 0.703. The molecule has 28 heavy (non-hydrogen) atoms. The van der Waals surface area contributed by atoms with Crippen molar-refractivity contribution in [1.29, 1.82) is 0 Å². The lowest BCUT2D eigenvalue weighted by molar-refractivity contribution is 0.334. The first kappa shape index (κ1) is 18.5. The number of sulfonamides is 1. The summed E-state index contributed by atoms with van der Waals surface area (Å²) in [6.07, 6.45) is -0.958. The molecule has 1 atom stereocenters. The van der Waals surface area contributed by atoms with Crippen LogP contribution in [0.4, 0.5) is 18.9 Å². The van der Waals surface area contributed by atoms with Crippen molar-refractivity contribution in [2.24, 2.45) is 0 Å². The molecule has 1 heterocycles. The van der Waals surface area contributed by atoms with Gasteiger partial charge in [0.2, 0.25) is 10.0 Å². The van der Waals surface area contributed by atoms with E-state index in [1.807, 2.05) is 0 Å². The monoisotopic (exact) mass is 404 g/mol. The van der Waals surface area contributed by atoms with Crippen LogP contribution in [0.25, 0.3) is 0 Å². The molecule has 144 valence electrons. The van der Waals surface area contributed by atoms with Gasteiger partial charge in [-0.15, -0.1) is 0 Å². The van der Waals surface area contributed by atoms with Crippen molar-refractivity contribution in [3.05, 3.63) is 95.3 Å². The molecule has 3 aromatic rings. The van der Waals surface area contributed by atoms with Crippen molar-refractivity contribution in [2.45, 2.75) is 17.6 Å². The average molecular weight is 404 g/mol. The molecule has 0 aliphatic carbocycles. The highest BCUT2D eigenvalue weighted by atomic mass is 32.2. The molecule has 1 N–H and O–H groups in total. The number of para-hydroxylation sites is 1. The highest BCUT2D eigenvalue weighted by molar-refractivity contribution is 7.89. The highest BCUT2D eigenvalue weighted by Gasteiger charge is 2.39. The number of halogens is 3. The van der Waals surface area contributed by atoms with E-state index in [9.17, 15) is 21.6 Å². The number of anilines is 1. The summed E-state index contributed by atoms with van der Waals surface area (Å²) in [5.41, 5.74) is 1.17. The molecule has 0 saturated heterocycles. The maximum atomic E-state index is 13.8. The first-order chi connectivity index (χ1) is 13.4. The Balaban J connectivity index is 1.83. The van der Waals surface area contributed by atoms with E-state index >= 15 is 0 Å². The minimum atomic E-state index is -3.95. The van der Waals surface area contributed by atoms with E-state index in [4.69, 9.17) is 0 Å². The van der Waals surface area contributed by atoms with Gasteiger partial charge in [0, 0.05) is 6.54 Å². The summed E-state index contributed by atoms with van der Waals surface area (Å²) < 4.78 is 68.1. The van der Waals surface area contributed by atoms with E-state index in [0.29, 0.717) is 11.3 Å². The molecule has 3 aromatic carbocycles. The van der Waals surface area contributed by atoms with Crippen LogP contribution in [0.5, 0.6) is 0 Å². The summed E-state index contributed by atoms with van der Waals surface area (Å²) in [5.74, 6) is -2.53. The first-order valence-corrected chi connectivity index (χ1v) is 9.87. The van der Waals surface area contributed by atoms with Crippen molar-refractivity contribution >= 4 is 15.7 Å². The molecule has 0 aromatic heterocycles. The second kappa shape index (κ2) is 6.96. The van der Waals surface area contributed by atoms with Crippen LogP contribution in [0.15, 0.2) is 71.6 Å². The minimum Gasteiger partial charge on any atom is -0.364 e. The van der Waals surface area contributed by atoms with Gasteiger partial charge in [0.05, 0.1) is 5.69 Å². The van der Waals surface area contributed by atoms with E-state index in [0.717, 1.165) is 16.4 Å². The Morgan fingerprint density at radius 1 is 0.893 bits per heavy atom. The van der Waals surface area contributed by atoms with Crippen LogP contribution in [0, 0.1) is 17.5 Å². The second-order valence-corrected chi connectivity index (χ2v) is 8.25. The number of nitrogens with one attached hydrogen (secondary N) is 1. The Kier molecular flexibility index (Phi) is 4.60. The Labute approximate surface area is 160 Å². The molecule has 0 radical (unpaired) electrons. The standard InChI is InChI=1S/C20H15F3N2O2S/c21-15-8-5-13(6-9-15)12-25-20(14-7-10-16(22)17(23)11-14)24-18-3-1-2-4-19(18)28(25,26)27/h1-11,20,24H,12H2/t20-/m1/s1. The fourth-order valence-electron chi connectivity index (χ4n) is 3.17. The summed E-state index contributed by atoms with van der Waals surface area (Å²) in [5, 5.41) is 3.08. The molecule has 0 unspecified atom stereocenters. The molecular formula is C20H15F3N2O2S. The van der Waals surface area contributed by atoms with Gasteiger partial charge in [0.1, 0.15) is 16.9 Å². The summed E-state index contributed by atoms with van der Waals surface area (Å²) in [6.45, 7) is -0.0758. The van der Waals surface area contributed by atoms with Crippen LogP contribution >= 0.6 is 0 Å². The SMILES string of the molecule is O=S1(=O)c2ccccc2N[C@@H](c2ccc(F)c(F)c2)N1Cc1ccc(F)cc1. The number of hydrogen-bond acceptors (Lipinski definition) is 3. The lowest BCUT2D eigenvalue weighted by Crippen LogP contribution is -2.42. The van der Waals surface area contributed by atoms with Gasteiger partial charge in [-0.3, -0.25) is 0 Å². The van der Waals surface area contributed by atoms with Crippen LogP contribution in [0.2, 0.25) is 0 Å². The van der Waals surface area contributed by atoms with Crippen molar-refractivity contribution in [3.63, 3.8) is 0 Å². The van der Waals surface area contributed by atoms with E-state index in [1.54, 1.807) is 18.2 Å². The zero-order valence-corrected chi connectivity index (χ0v) is 15.3. The van der Waals surface area contributed by atoms with Crippen molar-refractivity contribution in [3.8, 4) is 0 Å². The molecule has 0 bridgehead atoms. The fourth-order valence-corrected chi connectivity index (χ4v) is 4.85. The van der Waals surface area contributed by atoms with Gasteiger partial charge < -0.3 is 5.32 Å². The fraction of sp³-hybridized carbons (Fsp3) is 0.100. The summed E-state index contributed by atoms with van der Waals surface area (Å²) >= 11 is 0. The Bertz CT molecular complexity index is 1130. The van der Waals surface area contributed by atoms with Crippen LogP contribution in [0.3, 0.4) is 0 Å². The maximum absolute atomic E-state index is 13.8. The van der Waals surface area contributed by atoms with Crippen molar-refractivity contribution in [1.82, 2.24) is 4.31 Å². The van der Waals surface area contributed by atoms with Gasteiger partial charge in [-0.1, -0.05) is 30.3 Å². The lowest BCUT2D eigenvalue weighted by Gasteiger charge is -2.37. The minimum absolute atomic E-state index is 0.0758. The van der Waals surface area contributed by atoms with Crippen LogP contribution in [0.1, 0.15) is 17.3 Å². The number of nitrogens with zero attached hydrogens (tertiary/aromatic N) is 1. The molecule has 0 spiro atoms. The number of rotatable bonds is 3. The van der Waals surface area contributed by atoms with Gasteiger partial charge in [0.15, 0.2) is 11.6 Å². The van der Waals surface area contributed by atoms with Gasteiger partial charge in [-0.2, -0.15) is 4.31 Å². The normalized spacial score (nSPS) is 18.3. The van der Waals surface area contributed by atoms with E-state index < -0.39 is 33.6 Å². The van der Waals surface area contributed by atoms with Gasteiger partial charge in [0.25, 0.3) is 0 Å². The Hall–Kier alpha value is -2.84. The molecule has 8 heteroatoms. The first-order valence-electron chi connectivity index (χ1n) is 8.43. The zero-order chi connectivity index (χ0) is 19.9. The third-order valence-corrected chi connectivity index (χ3v) is 6.43. The second-order valence-electron chi connectivity index (χ2n) is 6.39.